The number of carbonyl (C=O) groups is 1. The van der Waals surface area contributed by atoms with E-state index in [0.717, 1.165) is 10.0 Å². The third-order valence-corrected chi connectivity index (χ3v) is 3.16. The highest BCUT2D eigenvalue weighted by atomic mass is 79.9. The number of benzene rings is 1. The summed E-state index contributed by atoms with van der Waals surface area (Å²) in [7, 11) is 0. The molecule has 0 spiro atoms. The largest absolute Gasteiger partial charge is 0.454 e. The quantitative estimate of drug-likeness (QED) is 0.659. The second-order valence-corrected chi connectivity index (χ2v) is 4.76. The monoisotopic (exact) mass is 336 g/mol. The van der Waals surface area contributed by atoms with Crippen molar-refractivity contribution in [2.75, 3.05) is 6.79 Å². The predicted molar refractivity (Wildman–Crippen MR) is 73.9 cm³/mol. The van der Waals surface area contributed by atoms with Gasteiger partial charge in [0.15, 0.2) is 11.5 Å². The average Bonchev–Trinajstić information content (AvgIpc) is 3.09. The van der Waals surface area contributed by atoms with E-state index in [1.54, 1.807) is 12.1 Å². The molecule has 2 heterocycles. The maximum atomic E-state index is 11.6. The molecule has 0 aliphatic carbocycles. The first kappa shape index (κ1) is 12.7. The second kappa shape index (κ2) is 5.33. The van der Waals surface area contributed by atoms with Crippen molar-refractivity contribution in [2.24, 2.45) is 5.10 Å². The van der Waals surface area contributed by atoms with Crippen LogP contribution in [0.15, 0.2) is 34.0 Å². The molecule has 0 atom stereocenters. The van der Waals surface area contributed by atoms with E-state index in [0.29, 0.717) is 17.2 Å². The van der Waals surface area contributed by atoms with E-state index in [-0.39, 0.29) is 12.7 Å². The first-order valence-corrected chi connectivity index (χ1v) is 6.45. The fourth-order valence-electron chi connectivity index (χ4n) is 1.67. The standard InChI is InChI=1S/C12H9BrN4O3/c13-8-3-7(4-10-11(8)20-6-19-10)5-15-17-12(18)9-1-2-14-16-9/h1-5H,6H2,(H,14,16)(H,17,18). The van der Waals surface area contributed by atoms with Gasteiger partial charge in [-0.2, -0.15) is 10.2 Å². The topological polar surface area (TPSA) is 88.6 Å². The molecule has 20 heavy (non-hydrogen) atoms. The van der Waals surface area contributed by atoms with E-state index in [1.807, 2.05) is 6.07 Å². The molecule has 0 saturated carbocycles. The Balaban J connectivity index is 1.70. The lowest BCUT2D eigenvalue weighted by atomic mass is 10.2. The highest BCUT2D eigenvalue weighted by molar-refractivity contribution is 9.10. The molecular formula is C12H9BrN4O3. The number of nitrogens with one attached hydrogen (secondary N) is 2. The Morgan fingerprint density at radius 1 is 1.50 bits per heavy atom. The van der Waals surface area contributed by atoms with Gasteiger partial charge >= 0.3 is 0 Å². The summed E-state index contributed by atoms with van der Waals surface area (Å²) in [4.78, 5) is 11.6. The van der Waals surface area contributed by atoms with E-state index < -0.39 is 0 Å². The molecular weight excluding hydrogens is 328 g/mol. The SMILES string of the molecule is O=C(NN=Cc1cc(Br)c2c(c1)OCO2)c1ccn[nH]1. The van der Waals surface area contributed by atoms with Crippen LogP contribution in [0.1, 0.15) is 16.1 Å². The summed E-state index contributed by atoms with van der Waals surface area (Å²) in [5.41, 5.74) is 3.50. The van der Waals surface area contributed by atoms with Crippen LogP contribution in [0.5, 0.6) is 11.5 Å². The number of hydrazone groups is 1. The maximum Gasteiger partial charge on any atom is 0.289 e. The van der Waals surface area contributed by atoms with Gasteiger partial charge in [0, 0.05) is 6.20 Å². The van der Waals surface area contributed by atoms with Crippen LogP contribution >= 0.6 is 15.9 Å². The van der Waals surface area contributed by atoms with Crippen molar-refractivity contribution >= 4 is 28.1 Å². The number of nitrogens with zero attached hydrogens (tertiary/aromatic N) is 2. The van der Waals surface area contributed by atoms with Crippen LogP contribution in [0.2, 0.25) is 0 Å². The lowest BCUT2D eigenvalue weighted by Crippen LogP contribution is -2.17. The third-order valence-electron chi connectivity index (χ3n) is 2.57. The number of hydrogen-bond acceptors (Lipinski definition) is 5. The number of carbonyl (C=O) groups excluding carboxylic acids is 1. The minimum atomic E-state index is -0.362. The maximum absolute atomic E-state index is 11.6. The molecule has 1 aromatic heterocycles. The molecule has 0 bridgehead atoms. The fraction of sp³-hybridized carbons (Fsp3) is 0.0833. The number of aromatic amines is 1. The average molecular weight is 337 g/mol. The predicted octanol–water partition coefficient (Wildman–Crippen LogP) is 1.66. The zero-order valence-corrected chi connectivity index (χ0v) is 11.7. The highest BCUT2D eigenvalue weighted by Gasteiger charge is 2.17. The summed E-state index contributed by atoms with van der Waals surface area (Å²) in [6.07, 6.45) is 3.01. The smallest absolute Gasteiger partial charge is 0.289 e. The van der Waals surface area contributed by atoms with Crippen LogP contribution < -0.4 is 14.9 Å². The fourth-order valence-corrected chi connectivity index (χ4v) is 2.24. The minimum absolute atomic E-state index is 0.199. The number of fused-ring (bicyclic) bond motifs is 1. The molecule has 1 aliphatic rings. The number of ether oxygens (including phenoxy) is 2. The van der Waals surface area contributed by atoms with E-state index in [9.17, 15) is 4.79 Å². The zero-order valence-electron chi connectivity index (χ0n) is 10.1. The van der Waals surface area contributed by atoms with Gasteiger partial charge in [-0.05, 0) is 39.7 Å². The molecule has 1 aliphatic heterocycles. The van der Waals surface area contributed by atoms with Crippen LogP contribution in [0.25, 0.3) is 0 Å². The highest BCUT2D eigenvalue weighted by Crippen LogP contribution is 2.39. The van der Waals surface area contributed by atoms with Crippen molar-refractivity contribution in [3.8, 4) is 11.5 Å². The molecule has 3 rings (SSSR count). The summed E-state index contributed by atoms with van der Waals surface area (Å²) >= 11 is 3.38. The number of aromatic nitrogens is 2. The minimum Gasteiger partial charge on any atom is -0.454 e. The Hall–Kier alpha value is -2.35. The van der Waals surface area contributed by atoms with Crippen molar-refractivity contribution in [3.05, 3.63) is 40.1 Å². The van der Waals surface area contributed by atoms with Crippen molar-refractivity contribution < 1.29 is 14.3 Å². The number of rotatable bonds is 3. The molecule has 0 radical (unpaired) electrons. The molecule has 0 unspecified atom stereocenters. The van der Waals surface area contributed by atoms with Gasteiger partial charge in [0.1, 0.15) is 5.69 Å². The lowest BCUT2D eigenvalue weighted by molar-refractivity contribution is 0.0950. The van der Waals surface area contributed by atoms with Crippen molar-refractivity contribution in [2.45, 2.75) is 0 Å². The number of hydrogen-bond donors (Lipinski definition) is 2. The van der Waals surface area contributed by atoms with E-state index in [2.05, 4.69) is 36.7 Å². The number of amides is 1. The van der Waals surface area contributed by atoms with Gasteiger partial charge < -0.3 is 9.47 Å². The Kier molecular flexibility index (Phi) is 3.38. The van der Waals surface area contributed by atoms with Crippen molar-refractivity contribution in [1.82, 2.24) is 15.6 Å². The summed E-state index contributed by atoms with van der Waals surface area (Å²) in [5.74, 6) is 0.947. The van der Waals surface area contributed by atoms with Crippen molar-refractivity contribution in [1.29, 1.82) is 0 Å². The molecule has 2 N–H and O–H groups in total. The summed E-state index contributed by atoms with van der Waals surface area (Å²) in [6, 6.07) is 5.15. The van der Waals surface area contributed by atoms with Crippen LogP contribution in [0, 0.1) is 0 Å². The van der Waals surface area contributed by atoms with Gasteiger partial charge in [-0.25, -0.2) is 5.43 Å². The Morgan fingerprint density at radius 2 is 2.40 bits per heavy atom. The normalized spacial score (nSPS) is 12.8. The van der Waals surface area contributed by atoms with Gasteiger partial charge in [-0.15, -0.1) is 0 Å². The molecule has 1 amide bonds. The molecule has 2 aromatic rings. The van der Waals surface area contributed by atoms with Crippen LogP contribution in [0.4, 0.5) is 0 Å². The van der Waals surface area contributed by atoms with Gasteiger partial charge in [0.2, 0.25) is 6.79 Å². The molecule has 8 heteroatoms. The van der Waals surface area contributed by atoms with Gasteiger partial charge in [-0.1, -0.05) is 0 Å². The van der Waals surface area contributed by atoms with E-state index >= 15 is 0 Å². The van der Waals surface area contributed by atoms with E-state index in [1.165, 1.54) is 12.4 Å². The zero-order chi connectivity index (χ0) is 13.9. The van der Waals surface area contributed by atoms with Crippen LogP contribution in [-0.2, 0) is 0 Å². The lowest BCUT2D eigenvalue weighted by Gasteiger charge is -2.01. The van der Waals surface area contributed by atoms with E-state index in [4.69, 9.17) is 9.47 Å². The van der Waals surface area contributed by atoms with Gasteiger partial charge in [0.05, 0.1) is 10.7 Å². The Labute approximate surface area is 122 Å². The summed E-state index contributed by atoms with van der Waals surface area (Å²) < 4.78 is 11.3. The summed E-state index contributed by atoms with van der Waals surface area (Å²) in [6.45, 7) is 0.199. The first-order chi connectivity index (χ1) is 9.74. The Bertz CT molecular complexity index is 670. The second-order valence-electron chi connectivity index (χ2n) is 3.91. The molecule has 102 valence electrons. The summed E-state index contributed by atoms with van der Waals surface area (Å²) in [5, 5.41) is 10.1. The number of H-pyrrole nitrogens is 1. The van der Waals surface area contributed by atoms with Gasteiger partial charge in [0.25, 0.3) is 5.91 Å². The number of halogens is 1. The molecule has 0 fully saturated rings. The third kappa shape index (κ3) is 2.50. The van der Waals surface area contributed by atoms with Crippen LogP contribution in [-0.4, -0.2) is 29.1 Å². The molecule has 7 nitrogen and oxygen atoms in total. The molecule has 1 aromatic carbocycles. The van der Waals surface area contributed by atoms with Crippen molar-refractivity contribution in [3.63, 3.8) is 0 Å². The van der Waals surface area contributed by atoms with Gasteiger partial charge in [-0.3, -0.25) is 9.89 Å². The first-order valence-electron chi connectivity index (χ1n) is 5.66. The Morgan fingerprint density at radius 3 is 3.20 bits per heavy atom. The van der Waals surface area contributed by atoms with Crippen LogP contribution in [0.3, 0.4) is 0 Å². The molecule has 0 saturated heterocycles.